The number of fused-ring (bicyclic) bond motifs is 1. The molecule has 0 spiro atoms. The van der Waals surface area contributed by atoms with Gasteiger partial charge in [-0.1, -0.05) is 22.5 Å². The van der Waals surface area contributed by atoms with Crippen LogP contribution >= 0.6 is 0 Å². The van der Waals surface area contributed by atoms with Crippen molar-refractivity contribution in [3.63, 3.8) is 0 Å². The van der Waals surface area contributed by atoms with E-state index < -0.39 is 0 Å². The SMILES string of the molecule is COc1ccc([C@H]2Cn3nnc(-c4noc(C5CC5)n4)c3CO2)cc1. The molecule has 128 valence electrons. The van der Waals surface area contributed by atoms with E-state index in [0.29, 0.717) is 36.5 Å². The molecule has 8 nitrogen and oxygen atoms in total. The maximum atomic E-state index is 6.02. The zero-order valence-electron chi connectivity index (χ0n) is 13.8. The first-order valence-electron chi connectivity index (χ1n) is 8.33. The number of nitrogens with zero attached hydrogens (tertiary/aromatic N) is 5. The summed E-state index contributed by atoms with van der Waals surface area (Å²) in [4.78, 5) is 4.46. The molecular weight excluding hydrogens is 322 g/mol. The molecule has 1 aliphatic heterocycles. The van der Waals surface area contributed by atoms with Gasteiger partial charge in [0, 0.05) is 5.92 Å². The van der Waals surface area contributed by atoms with Crippen molar-refractivity contribution < 1.29 is 14.0 Å². The van der Waals surface area contributed by atoms with Crippen LogP contribution < -0.4 is 4.74 Å². The Balaban J connectivity index is 1.39. The lowest BCUT2D eigenvalue weighted by Crippen LogP contribution is -2.22. The van der Waals surface area contributed by atoms with Crippen molar-refractivity contribution in [2.45, 2.75) is 38.0 Å². The van der Waals surface area contributed by atoms with Gasteiger partial charge in [-0.2, -0.15) is 4.98 Å². The highest BCUT2D eigenvalue weighted by Crippen LogP contribution is 2.39. The fourth-order valence-corrected chi connectivity index (χ4v) is 3.03. The molecule has 3 aromatic rings. The highest BCUT2D eigenvalue weighted by Gasteiger charge is 2.32. The first-order valence-corrected chi connectivity index (χ1v) is 8.33. The molecule has 25 heavy (non-hydrogen) atoms. The van der Waals surface area contributed by atoms with Crippen molar-refractivity contribution in [1.29, 1.82) is 0 Å². The molecule has 0 saturated heterocycles. The Morgan fingerprint density at radius 2 is 2.04 bits per heavy atom. The first kappa shape index (κ1) is 14.6. The minimum atomic E-state index is -0.0692. The monoisotopic (exact) mass is 339 g/mol. The number of hydrogen-bond donors (Lipinski definition) is 0. The number of benzene rings is 1. The number of rotatable bonds is 4. The van der Waals surface area contributed by atoms with Crippen LogP contribution in [0.2, 0.25) is 0 Å². The predicted molar refractivity (Wildman–Crippen MR) is 85.8 cm³/mol. The van der Waals surface area contributed by atoms with Gasteiger partial charge in [0.1, 0.15) is 11.9 Å². The Hall–Kier alpha value is -2.74. The largest absolute Gasteiger partial charge is 0.497 e. The lowest BCUT2D eigenvalue weighted by Gasteiger charge is -2.24. The van der Waals surface area contributed by atoms with Gasteiger partial charge in [0.2, 0.25) is 11.7 Å². The van der Waals surface area contributed by atoms with Crippen LogP contribution in [0.5, 0.6) is 5.75 Å². The predicted octanol–water partition coefficient (Wildman–Crippen LogP) is 2.49. The van der Waals surface area contributed by atoms with E-state index in [1.54, 1.807) is 7.11 Å². The van der Waals surface area contributed by atoms with Crippen LogP contribution in [0.3, 0.4) is 0 Å². The van der Waals surface area contributed by atoms with Crippen molar-refractivity contribution in [2.24, 2.45) is 0 Å². The van der Waals surface area contributed by atoms with Crippen LogP contribution in [0, 0.1) is 0 Å². The van der Waals surface area contributed by atoms with Crippen molar-refractivity contribution in [3.05, 3.63) is 41.4 Å². The van der Waals surface area contributed by atoms with Crippen molar-refractivity contribution in [3.8, 4) is 17.3 Å². The molecule has 0 amide bonds. The van der Waals surface area contributed by atoms with Crippen molar-refractivity contribution >= 4 is 0 Å². The second-order valence-electron chi connectivity index (χ2n) is 6.37. The van der Waals surface area contributed by atoms with E-state index in [1.165, 1.54) is 0 Å². The molecule has 5 rings (SSSR count). The minimum Gasteiger partial charge on any atom is -0.497 e. The van der Waals surface area contributed by atoms with Crippen molar-refractivity contribution in [1.82, 2.24) is 25.1 Å². The van der Waals surface area contributed by atoms with Crippen LogP contribution in [-0.2, 0) is 17.9 Å². The van der Waals surface area contributed by atoms with Crippen LogP contribution in [0.1, 0.15) is 42.0 Å². The quantitative estimate of drug-likeness (QED) is 0.721. The molecule has 2 aliphatic rings. The fourth-order valence-electron chi connectivity index (χ4n) is 3.03. The van der Waals surface area contributed by atoms with Crippen LogP contribution in [-0.4, -0.2) is 32.2 Å². The van der Waals surface area contributed by atoms with Gasteiger partial charge >= 0.3 is 0 Å². The molecule has 1 aromatic carbocycles. The molecule has 0 unspecified atom stereocenters. The fraction of sp³-hybridized carbons (Fsp3) is 0.412. The first-order chi connectivity index (χ1) is 12.3. The topological polar surface area (TPSA) is 88.1 Å². The van der Waals surface area contributed by atoms with E-state index in [4.69, 9.17) is 14.0 Å². The van der Waals surface area contributed by atoms with Gasteiger partial charge in [-0.3, -0.25) is 0 Å². The van der Waals surface area contributed by atoms with Gasteiger partial charge in [0.05, 0.1) is 26.0 Å². The van der Waals surface area contributed by atoms with Gasteiger partial charge in [-0.05, 0) is 30.5 Å². The second-order valence-corrected chi connectivity index (χ2v) is 6.37. The summed E-state index contributed by atoms with van der Waals surface area (Å²) in [6.07, 6.45) is 2.17. The molecular formula is C17H17N5O3. The summed E-state index contributed by atoms with van der Waals surface area (Å²) < 4.78 is 18.4. The molecule has 1 atom stereocenters. The van der Waals surface area contributed by atoms with E-state index in [0.717, 1.165) is 29.8 Å². The summed E-state index contributed by atoms with van der Waals surface area (Å²) >= 11 is 0. The maximum absolute atomic E-state index is 6.02. The van der Waals surface area contributed by atoms with E-state index in [9.17, 15) is 0 Å². The van der Waals surface area contributed by atoms with Crippen LogP contribution in [0.4, 0.5) is 0 Å². The number of aromatic nitrogens is 5. The summed E-state index contributed by atoms with van der Waals surface area (Å²) in [7, 11) is 1.65. The summed E-state index contributed by atoms with van der Waals surface area (Å²) in [6, 6.07) is 7.88. The van der Waals surface area contributed by atoms with E-state index in [2.05, 4.69) is 20.5 Å². The molecule has 3 heterocycles. The van der Waals surface area contributed by atoms with Crippen LogP contribution in [0.25, 0.3) is 11.5 Å². The minimum absolute atomic E-state index is 0.0692. The smallest absolute Gasteiger partial charge is 0.230 e. The molecule has 0 bridgehead atoms. The standard InChI is InChI=1S/C17H17N5O3/c1-23-12-6-4-10(5-7-12)14-8-22-13(9-24-14)15(19-21-22)16-18-17(25-20-16)11-2-3-11/h4-7,11,14H,2-3,8-9H2,1H3/t14-/m1/s1. The Bertz CT molecular complexity index is 897. The second kappa shape index (κ2) is 5.66. The van der Waals surface area contributed by atoms with Gasteiger partial charge < -0.3 is 14.0 Å². The molecule has 0 N–H and O–H groups in total. The molecule has 1 fully saturated rings. The lowest BCUT2D eigenvalue weighted by atomic mass is 10.1. The molecule has 1 aliphatic carbocycles. The van der Waals surface area contributed by atoms with E-state index in [-0.39, 0.29) is 6.10 Å². The summed E-state index contributed by atoms with van der Waals surface area (Å²) in [6.45, 7) is 1.01. The average molecular weight is 339 g/mol. The Kier molecular flexibility index (Phi) is 3.30. The zero-order valence-corrected chi connectivity index (χ0v) is 13.8. The third kappa shape index (κ3) is 2.58. The van der Waals surface area contributed by atoms with Gasteiger partial charge in [-0.15, -0.1) is 5.10 Å². The van der Waals surface area contributed by atoms with E-state index >= 15 is 0 Å². The third-order valence-electron chi connectivity index (χ3n) is 4.67. The van der Waals surface area contributed by atoms with Crippen molar-refractivity contribution in [2.75, 3.05) is 7.11 Å². The Labute approximate surface area is 143 Å². The number of methoxy groups -OCH3 is 1. The van der Waals surface area contributed by atoms with Crippen LogP contribution in [0.15, 0.2) is 28.8 Å². The maximum Gasteiger partial charge on any atom is 0.230 e. The normalized spacial score (nSPS) is 19.6. The average Bonchev–Trinajstić information content (AvgIpc) is 3.25. The highest BCUT2D eigenvalue weighted by atomic mass is 16.5. The summed E-state index contributed by atoms with van der Waals surface area (Å²) in [5.74, 6) is 2.44. The highest BCUT2D eigenvalue weighted by molar-refractivity contribution is 5.51. The molecule has 2 aromatic heterocycles. The molecule has 1 saturated carbocycles. The van der Waals surface area contributed by atoms with E-state index in [1.807, 2.05) is 28.9 Å². The Morgan fingerprint density at radius 3 is 2.80 bits per heavy atom. The van der Waals surface area contributed by atoms with Gasteiger partial charge in [0.25, 0.3) is 0 Å². The summed E-state index contributed by atoms with van der Waals surface area (Å²) in [5.41, 5.74) is 2.61. The third-order valence-corrected chi connectivity index (χ3v) is 4.67. The lowest BCUT2D eigenvalue weighted by molar-refractivity contribution is -0.00114. The number of hydrogen-bond acceptors (Lipinski definition) is 7. The molecule has 8 heteroatoms. The zero-order chi connectivity index (χ0) is 16.8. The molecule has 0 radical (unpaired) electrons. The number of ether oxygens (including phenoxy) is 2. The summed E-state index contributed by atoms with van der Waals surface area (Å²) in [5, 5.41) is 12.6. The Morgan fingerprint density at radius 1 is 1.20 bits per heavy atom. The van der Waals surface area contributed by atoms with Gasteiger partial charge in [0.15, 0.2) is 5.69 Å². The van der Waals surface area contributed by atoms with Gasteiger partial charge in [-0.25, -0.2) is 4.68 Å².